The van der Waals surface area contributed by atoms with E-state index in [-0.39, 0.29) is 22.8 Å². The van der Waals surface area contributed by atoms with Gasteiger partial charge in [-0.25, -0.2) is 14.5 Å². The van der Waals surface area contributed by atoms with Crippen LogP contribution in [-0.2, 0) is 14.4 Å². The topological polar surface area (TPSA) is 145 Å². The highest BCUT2D eigenvalue weighted by Crippen LogP contribution is 2.30. The molecule has 1 saturated heterocycles. The molecule has 0 saturated carbocycles. The maximum absolute atomic E-state index is 13.1. The number of hydrogen-bond acceptors (Lipinski definition) is 8. The van der Waals surface area contributed by atoms with Crippen molar-refractivity contribution in [3.63, 3.8) is 0 Å². The van der Waals surface area contributed by atoms with Crippen LogP contribution >= 0.6 is 0 Å². The Kier molecular flexibility index (Phi) is 7.62. The molecule has 1 aliphatic heterocycles. The van der Waals surface area contributed by atoms with Crippen LogP contribution < -0.4 is 19.7 Å². The molecule has 39 heavy (non-hydrogen) atoms. The van der Waals surface area contributed by atoms with E-state index in [1.54, 1.807) is 31.2 Å². The summed E-state index contributed by atoms with van der Waals surface area (Å²) in [6, 6.07) is 15.9. The fourth-order valence-electron chi connectivity index (χ4n) is 3.73. The number of non-ortho nitro benzene ring substituents is 1. The molecule has 0 aliphatic carbocycles. The van der Waals surface area contributed by atoms with Crippen molar-refractivity contribution in [2.75, 3.05) is 12.0 Å². The molecule has 4 amide bonds. The third kappa shape index (κ3) is 5.88. The number of nitro benzene ring substituents is 1. The number of nitrogens with one attached hydrogen (secondary N) is 1. The van der Waals surface area contributed by atoms with E-state index in [9.17, 15) is 29.3 Å². The third-order valence-corrected chi connectivity index (χ3v) is 5.68. The van der Waals surface area contributed by atoms with E-state index in [1.165, 1.54) is 61.7 Å². The Labute approximate surface area is 222 Å². The number of imide groups is 2. The highest BCUT2D eigenvalue weighted by atomic mass is 16.6. The van der Waals surface area contributed by atoms with Gasteiger partial charge in [-0.3, -0.25) is 25.0 Å². The Morgan fingerprint density at radius 2 is 1.67 bits per heavy atom. The number of barbiturate groups is 1. The summed E-state index contributed by atoms with van der Waals surface area (Å²) in [4.78, 5) is 61.5. The molecule has 0 bridgehead atoms. The summed E-state index contributed by atoms with van der Waals surface area (Å²) in [5.41, 5.74) is 1.61. The maximum atomic E-state index is 13.1. The van der Waals surface area contributed by atoms with Crippen molar-refractivity contribution in [1.82, 2.24) is 5.32 Å². The van der Waals surface area contributed by atoms with Gasteiger partial charge in [0.15, 0.2) is 11.5 Å². The molecule has 11 heteroatoms. The first kappa shape index (κ1) is 26.5. The molecule has 0 unspecified atom stereocenters. The lowest BCUT2D eigenvalue weighted by atomic mass is 10.1. The van der Waals surface area contributed by atoms with Gasteiger partial charge in [0.05, 0.1) is 17.7 Å². The number of para-hydroxylation sites is 1. The molecule has 4 rings (SSSR count). The highest BCUT2D eigenvalue weighted by Gasteiger charge is 2.37. The number of methoxy groups -OCH3 is 1. The maximum Gasteiger partial charge on any atom is 0.336 e. The van der Waals surface area contributed by atoms with Crippen molar-refractivity contribution < 1.29 is 33.6 Å². The molecule has 0 spiro atoms. The van der Waals surface area contributed by atoms with Gasteiger partial charge in [-0.05, 0) is 66.1 Å². The smallest absolute Gasteiger partial charge is 0.336 e. The molecule has 0 radical (unpaired) electrons. The number of nitro groups is 1. The highest BCUT2D eigenvalue weighted by molar-refractivity contribution is 6.39. The normalized spacial score (nSPS) is 14.5. The number of benzene rings is 3. The molecule has 196 valence electrons. The van der Waals surface area contributed by atoms with Gasteiger partial charge in [0, 0.05) is 18.2 Å². The average molecular weight is 527 g/mol. The first-order valence-corrected chi connectivity index (χ1v) is 11.5. The lowest BCUT2D eigenvalue weighted by molar-refractivity contribution is -0.384. The van der Waals surface area contributed by atoms with Gasteiger partial charge in [0.2, 0.25) is 0 Å². The molecular formula is C28H21N3O8. The number of hydrogen-bond donors (Lipinski definition) is 1. The standard InChI is InChI=1S/C28H21N3O8/c1-17-5-3-4-6-22(17)30-27(34)21(26(33)29-28(30)35)15-19-9-13-23(24(16-19)38-2)39-25(32)14-10-18-7-11-20(12-8-18)31(36)37/h3-16H,1-2H3,(H,29,33,35)/b14-10+,21-15+. The third-order valence-electron chi connectivity index (χ3n) is 5.68. The molecule has 11 nitrogen and oxygen atoms in total. The molecule has 1 heterocycles. The van der Waals surface area contributed by atoms with Crippen molar-refractivity contribution in [2.24, 2.45) is 0 Å². The van der Waals surface area contributed by atoms with Crippen LogP contribution in [0.2, 0.25) is 0 Å². The summed E-state index contributed by atoms with van der Waals surface area (Å²) in [6.45, 7) is 1.74. The van der Waals surface area contributed by atoms with E-state index in [2.05, 4.69) is 5.32 Å². The number of nitrogens with zero attached hydrogens (tertiary/aromatic N) is 2. The van der Waals surface area contributed by atoms with Crippen LogP contribution in [0.15, 0.2) is 78.4 Å². The van der Waals surface area contributed by atoms with Gasteiger partial charge in [0.1, 0.15) is 5.57 Å². The van der Waals surface area contributed by atoms with Crippen LogP contribution in [0.3, 0.4) is 0 Å². The van der Waals surface area contributed by atoms with Crippen LogP contribution in [0.1, 0.15) is 16.7 Å². The molecule has 3 aromatic carbocycles. The van der Waals surface area contributed by atoms with E-state index in [0.29, 0.717) is 22.4 Å². The van der Waals surface area contributed by atoms with Crippen LogP contribution in [-0.4, -0.2) is 35.8 Å². The van der Waals surface area contributed by atoms with Crippen LogP contribution in [0.4, 0.5) is 16.2 Å². The predicted molar refractivity (Wildman–Crippen MR) is 141 cm³/mol. The molecule has 1 N–H and O–H groups in total. The molecule has 1 fully saturated rings. The second-order valence-electron chi connectivity index (χ2n) is 8.26. The summed E-state index contributed by atoms with van der Waals surface area (Å²) in [6.07, 6.45) is 3.89. The number of anilines is 1. The van der Waals surface area contributed by atoms with Gasteiger partial charge in [-0.1, -0.05) is 24.3 Å². The number of ether oxygens (including phenoxy) is 2. The van der Waals surface area contributed by atoms with Gasteiger partial charge in [-0.2, -0.15) is 0 Å². The molecule has 3 aromatic rings. The number of carbonyl (C=O) groups is 4. The Balaban J connectivity index is 1.53. The lowest BCUT2D eigenvalue weighted by Crippen LogP contribution is -2.54. The van der Waals surface area contributed by atoms with Crippen molar-refractivity contribution >= 4 is 47.3 Å². The first-order chi connectivity index (χ1) is 18.7. The summed E-state index contributed by atoms with van der Waals surface area (Å²) < 4.78 is 10.6. The average Bonchev–Trinajstić information content (AvgIpc) is 2.91. The van der Waals surface area contributed by atoms with Gasteiger partial charge < -0.3 is 9.47 Å². The largest absolute Gasteiger partial charge is 0.493 e. The van der Waals surface area contributed by atoms with Gasteiger partial charge in [-0.15, -0.1) is 0 Å². The predicted octanol–water partition coefficient (Wildman–Crippen LogP) is 4.20. The van der Waals surface area contributed by atoms with Gasteiger partial charge in [0.25, 0.3) is 17.5 Å². The van der Waals surface area contributed by atoms with E-state index in [1.807, 2.05) is 0 Å². The van der Waals surface area contributed by atoms with Crippen LogP contribution in [0.5, 0.6) is 11.5 Å². The second-order valence-corrected chi connectivity index (χ2v) is 8.26. The fourth-order valence-corrected chi connectivity index (χ4v) is 3.73. The van der Waals surface area contributed by atoms with Crippen LogP contribution in [0, 0.1) is 17.0 Å². The minimum Gasteiger partial charge on any atom is -0.493 e. The van der Waals surface area contributed by atoms with Crippen molar-refractivity contribution in [3.05, 3.63) is 105 Å². The zero-order valence-electron chi connectivity index (χ0n) is 20.7. The monoisotopic (exact) mass is 527 g/mol. The Morgan fingerprint density at radius 3 is 2.33 bits per heavy atom. The summed E-state index contributed by atoms with van der Waals surface area (Å²) in [5, 5.41) is 12.9. The molecule has 0 aromatic heterocycles. The zero-order chi connectivity index (χ0) is 28.1. The van der Waals surface area contributed by atoms with Gasteiger partial charge >= 0.3 is 12.0 Å². The van der Waals surface area contributed by atoms with E-state index in [0.717, 1.165) is 11.0 Å². The van der Waals surface area contributed by atoms with E-state index >= 15 is 0 Å². The van der Waals surface area contributed by atoms with Crippen molar-refractivity contribution in [3.8, 4) is 11.5 Å². The second kappa shape index (κ2) is 11.2. The van der Waals surface area contributed by atoms with Crippen LogP contribution in [0.25, 0.3) is 12.2 Å². The minimum atomic E-state index is -0.849. The number of amides is 4. The fraction of sp³-hybridized carbons (Fsp3) is 0.0714. The first-order valence-electron chi connectivity index (χ1n) is 11.5. The Morgan fingerprint density at radius 1 is 0.974 bits per heavy atom. The quantitative estimate of drug-likeness (QED) is 0.120. The van der Waals surface area contributed by atoms with Crippen molar-refractivity contribution in [2.45, 2.75) is 6.92 Å². The molecule has 1 aliphatic rings. The molecule has 0 atom stereocenters. The summed E-state index contributed by atoms with van der Waals surface area (Å²) in [5.74, 6) is -2.14. The lowest BCUT2D eigenvalue weighted by Gasteiger charge is -2.27. The van der Waals surface area contributed by atoms with Crippen molar-refractivity contribution in [1.29, 1.82) is 0 Å². The van der Waals surface area contributed by atoms with E-state index < -0.39 is 28.7 Å². The van der Waals surface area contributed by atoms with E-state index in [4.69, 9.17) is 9.47 Å². The number of rotatable bonds is 7. The summed E-state index contributed by atoms with van der Waals surface area (Å²) >= 11 is 0. The minimum absolute atomic E-state index is 0.0728. The molecular weight excluding hydrogens is 506 g/mol. The zero-order valence-corrected chi connectivity index (χ0v) is 20.7. The SMILES string of the molecule is COc1cc(/C=C2\C(=O)NC(=O)N(c3ccccc3C)C2=O)ccc1OC(=O)/C=C/c1ccc([N+](=O)[O-])cc1. The number of carbonyl (C=O) groups excluding carboxylic acids is 4. The number of aryl methyl sites for hydroxylation is 1. The number of esters is 1. The summed E-state index contributed by atoms with van der Waals surface area (Å²) in [7, 11) is 1.35. The Bertz CT molecular complexity index is 1560. The number of urea groups is 1. The Hall–Kier alpha value is -5.58.